The molecule has 1 aromatic carbocycles. The molecule has 3 N–H and O–H groups in total. The fraction of sp³-hybridized carbons (Fsp3) is 0.364. The van der Waals surface area contributed by atoms with Crippen LogP contribution in [0.4, 0.5) is 0 Å². The minimum absolute atomic E-state index is 0.228. The summed E-state index contributed by atoms with van der Waals surface area (Å²) in [7, 11) is 0. The Hall–Kier alpha value is 0.110. The van der Waals surface area contributed by atoms with E-state index < -0.39 is 0 Å². The number of nitrogens with two attached hydrogens (primary N) is 1. The van der Waals surface area contributed by atoms with Crippen LogP contribution in [0.15, 0.2) is 6.07 Å². The molecule has 0 bridgehead atoms. The number of amides is 1. The molecule has 1 aromatic rings. The number of rotatable bonds is 1. The predicted molar refractivity (Wildman–Crippen MR) is 85.1 cm³/mol. The van der Waals surface area contributed by atoms with E-state index in [0.717, 1.165) is 16.7 Å². The summed E-state index contributed by atoms with van der Waals surface area (Å²) in [5.74, 6) is 4.88. The summed E-state index contributed by atoms with van der Waals surface area (Å²) in [5.41, 5.74) is 7.32. The lowest BCUT2D eigenvalue weighted by Crippen LogP contribution is -2.30. The molecule has 0 radical (unpaired) electrons. The summed E-state index contributed by atoms with van der Waals surface area (Å²) in [4.78, 5) is 11.4. The molecule has 3 nitrogen and oxygen atoms in total. The van der Waals surface area contributed by atoms with Gasteiger partial charge in [0.15, 0.2) is 0 Å². The predicted octanol–water partition coefficient (Wildman–Crippen LogP) is 3.30. The van der Waals surface area contributed by atoms with Gasteiger partial charge in [0, 0.05) is 42.8 Å². The average molecular weight is 446 g/mol. The number of hydrogen-bond donors (Lipinski definition) is 2. The topological polar surface area (TPSA) is 55.1 Å². The van der Waals surface area contributed by atoms with Crippen LogP contribution in [0, 0.1) is 27.7 Å². The minimum Gasteiger partial charge on any atom is -0.290 e. The Balaban J connectivity index is 0.00000106. The second kappa shape index (κ2) is 7.44. The van der Waals surface area contributed by atoms with Crippen LogP contribution < -0.4 is 11.3 Å². The van der Waals surface area contributed by atoms with Gasteiger partial charge in [-0.25, -0.2) is 5.84 Å². The molecule has 0 unspecified atom stereocenters. The molecule has 0 aliphatic carbocycles. The van der Waals surface area contributed by atoms with Crippen molar-refractivity contribution in [3.8, 4) is 0 Å². The van der Waals surface area contributed by atoms with Gasteiger partial charge in [0.1, 0.15) is 0 Å². The second-order valence-corrected chi connectivity index (χ2v) is 3.59. The average Bonchev–Trinajstić information content (AvgIpc) is 2.32. The van der Waals surface area contributed by atoms with Crippen molar-refractivity contribution in [1.29, 1.82) is 0 Å². The van der Waals surface area contributed by atoms with Crippen LogP contribution >= 0.6 is 37.2 Å². The number of hydrogen-bond acceptors (Lipinski definition) is 2. The standard InChI is InChI=1S/C11H16N2O.I2/c1-6-5-10(11(14)13-12)9(4)8(3)7(6)2;1-2/h5H,12H2,1-4H3,(H,13,14);. The van der Waals surface area contributed by atoms with E-state index in [1.54, 1.807) is 0 Å². The Bertz CT molecular complexity index is 392. The third kappa shape index (κ3) is 3.56. The second-order valence-electron chi connectivity index (χ2n) is 3.59. The van der Waals surface area contributed by atoms with Gasteiger partial charge in [-0.1, -0.05) is 0 Å². The lowest BCUT2D eigenvalue weighted by Gasteiger charge is -2.12. The Kier molecular flexibility index (Phi) is 7.49. The van der Waals surface area contributed by atoms with Crippen molar-refractivity contribution in [2.45, 2.75) is 27.7 Å². The molecule has 1 amide bonds. The Morgan fingerprint density at radius 3 is 2.06 bits per heavy atom. The fourth-order valence-electron chi connectivity index (χ4n) is 1.53. The first kappa shape index (κ1) is 16.1. The zero-order valence-electron chi connectivity index (χ0n) is 9.82. The van der Waals surface area contributed by atoms with Crippen molar-refractivity contribution < 1.29 is 4.79 Å². The van der Waals surface area contributed by atoms with Crippen LogP contribution in [0.1, 0.15) is 32.6 Å². The minimum atomic E-state index is -0.228. The fourth-order valence-corrected chi connectivity index (χ4v) is 1.53. The number of benzene rings is 1. The number of nitrogens with one attached hydrogen (secondary N) is 1. The summed E-state index contributed by atoms with van der Waals surface area (Å²) in [6.07, 6.45) is 0. The van der Waals surface area contributed by atoms with E-state index in [9.17, 15) is 4.79 Å². The molecule has 0 heterocycles. The van der Waals surface area contributed by atoms with Crippen LogP contribution in [0.2, 0.25) is 0 Å². The molecule has 0 saturated carbocycles. The van der Waals surface area contributed by atoms with Gasteiger partial charge in [-0.15, -0.1) is 0 Å². The molecule has 0 aliphatic rings. The highest BCUT2D eigenvalue weighted by Crippen LogP contribution is 2.20. The number of halogens is 2. The summed E-state index contributed by atoms with van der Waals surface area (Å²) in [6.45, 7) is 8.01. The summed E-state index contributed by atoms with van der Waals surface area (Å²) < 4.78 is 0. The van der Waals surface area contributed by atoms with Gasteiger partial charge in [-0.3, -0.25) is 10.2 Å². The first-order valence-electron chi connectivity index (χ1n) is 4.71. The third-order valence-electron chi connectivity index (χ3n) is 2.86. The first-order valence-corrected chi connectivity index (χ1v) is 11.0. The lowest BCUT2D eigenvalue weighted by atomic mass is 9.94. The molecule has 0 aliphatic heterocycles. The normalized spacial score (nSPS) is 9.19. The molecule has 0 saturated heterocycles. The maximum atomic E-state index is 11.4. The van der Waals surface area contributed by atoms with Crippen LogP contribution in [0.5, 0.6) is 0 Å². The van der Waals surface area contributed by atoms with Crippen LogP contribution in [0.3, 0.4) is 0 Å². The zero-order chi connectivity index (χ0) is 12.9. The highest BCUT2D eigenvalue weighted by molar-refractivity contribution is 15.0. The van der Waals surface area contributed by atoms with Gasteiger partial charge in [0.2, 0.25) is 0 Å². The highest BCUT2D eigenvalue weighted by atomic mass is 128. The molecule has 0 aromatic heterocycles. The maximum Gasteiger partial charge on any atom is 0.265 e. The van der Waals surface area contributed by atoms with E-state index in [1.807, 2.05) is 26.8 Å². The van der Waals surface area contributed by atoms with E-state index in [1.165, 1.54) is 5.56 Å². The number of hydrazine groups is 1. The lowest BCUT2D eigenvalue weighted by molar-refractivity contribution is 0.0953. The molecular weight excluding hydrogens is 430 g/mol. The molecule has 0 fully saturated rings. The van der Waals surface area contributed by atoms with Crippen LogP contribution in [0.25, 0.3) is 0 Å². The van der Waals surface area contributed by atoms with E-state index in [-0.39, 0.29) is 5.91 Å². The van der Waals surface area contributed by atoms with E-state index >= 15 is 0 Å². The van der Waals surface area contributed by atoms with Crippen molar-refractivity contribution in [3.05, 3.63) is 33.9 Å². The van der Waals surface area contributed by atoms with E-state index in [0.29, 0.717) is 5.56 Å². The molecule has 16 heavy (non-hydrogen) atoms. The molecule has 1 rings (SSSR count). The van der Waals surface area contributed by atoms with Crippen LogP contribution in [-0.2, 0) is 0 Å². The van der Waals surface area contributed by atoms with Gasteiger partial charge in [-0.2, -0.15) is 0 Å². The van der Waals surface area contributed by atoms with Crippen molar-refractivity contribution >= 4 is 43.1 Å². The largest absolute Gasteiger partial charge is 0.290 e. The monoisotopic (exact) mass is 446 g/mol. The van der Waals surface area contributed by atoms with E-state index in [4.69, 9.17) is 5.84 Å². The number of carbonyl (C=O) groups is 1. The van der Waals surface area contributed by atoms with Crippen molar-refractivity contribution in [2.75, 3.05) is 0 Å². The molecule has 5 heteroatoms. The van der Waals surface area contributed by atoms with Gasteiger partial charge < -0.3 is 0 Å². The SMILES string of the molecule is Cc1cc(C(=O)NN)c(C)c(C)c1C.II. The van der Waals surface area contributed by atoms with Crippen molar-refractivity contribution in [1.82, 2.24) is 5.43 Å². The smallest absolute Gasteiger partial charge is 0.265 e. The Labute approximate surface area is 120 Å². The van der Waals surface area contributed by atoms with Gasteiger partial charge in [0.05, 0.1) is 0 Å². The number of carbonyl (C=O) groups excluding carboxylic acids is 1. The summed E-state index contributed by atoms with van der Waals surface area (Å²) in [5, 5.41) is 0. The quantitative estimate of drug-likeness (QED) is 0.301. The first-order chi connectivity index (χ1) is 7.49. The van der Waals surface area contributed by atoms with Crippen molar-refractivity contribution in [2.24, 2.45) is 5.84 Å². The maximum absolute atomic E-state index is 11.4. The zero-order valence-corrected chi connectivity index (χ0v) is 14.1. The van der Waals surface area contributed by atoms with Gasteiger partial charge >= 0.3 is 0 Å². The molecule has 0 spiro atoms. The van der Waals surface area contributed by atoms with Gasteiger partial charge in [-0.05, 0) is 56.0 Å². The molecule has 90 valence electrons. The summed E-state index contributed by atoms with van der Waals surface area (Å²) in [6, 6.07) is 1.87. The number of nitrogen functional groups attached to an aromatic ring is 1. The highest BCUT2D eigenvalue weighted by Gasteiger charge is 2.12. The van der Waals surface area contributed by atoms with E-state index in [2.05, 4.69) is 49.6 Å². The molecular formula is C11H16I2N2O. The Morgan fingerprint density at radius 2 is 1.62 bits per heavy atom. The van der Waals surface area contributed by atoms with Crippen molar-refractivity contribution in [3.63, 3.8) is 0 Å². The third-order valence-corrected chi connectivity index (χ3v) is 2.86. The van der Waals surface area contributed by atoms with Gasteiger partial charge in [0.25, 0.3) is 5.91 Å². The number of aryl methyl sites for hydroxylation is 1. The molecule has 0 atom stereocenters. The van der Waals surface area contributed by atoms with Crippen LogP contribution in [-0.4, -0.2) is 5.91 Å². The Morgan fingerprint density at radius 1 is 1.12 bits per heavy atom. The summed E-state index contributed by atoms with van der Waals surface area (Å²) >= 11 is 4.24.